The fourth-order valence-electron chi connectivity index (χ4n) is 3.98. The van der Waals surface area contributed by atoms with Crippen molar-refractivity contribution in [3.05, 3.63) is 70.3 Å². The number of ketones is 1. The Hall–Kier alpha value is -3.08. The normalized spacial score (nSPS) is 17.9. The Balaban J connectivity index is 2.12. The average Bonchev–Trinajstić information content (AvgIpc) is 3.01. The molecule has 1 atom stereocenters. The van der Waals surface area contributed by atoms with Crippen LogP contribution in [0.5, 0.6) is 5.75 Å². The summed E-state index contributed by atoms with van der Waals surface area (Å²) in [6.45, 7) is 9.03. The number of Topliss-reactive ketones (excluding diaryl/α,β-unsaturated/α-hetero) is 1. The van der Waals surface area contributed by atoms with Crippen LogP contribution in [0.3, 0.4) is 0 Å². The minimum Gasteiger partial charge on any atom is -0.507 e. The lowest BCUT2D eigenvalue weighted by Gasteiger charge is -2.26. The first-order chi connectivity index (χ1) is 14.9. The molecule has 164 valence electrons. The highest BCUT2D eigenvalue weighted by Crippen LogP contribution is 2.41. The summed E-state index contributed by atoms with van der Waals surface area (Å²) in [5.41, 5.74) is 3.36. The van der Waals surface area contributed by atoms with Gasteiger partial charge >= 0.3 is 0 Å². The Kier molecular flexibility index (Phi) is 7.16. The van der Waals surface area contributed by atoms with E-state index in [1.54, 1.807) is 23.1 Å². The highest BCUT2D eigenvalue weighted by atomic mass is 16.5. The van der Waals surface area contributed by atoms with Crippen LogP contribution in [0.15, 0.2) is 48.0 Å². The minimum atomic E-state index is -0.634. The number of aliphatic hydroxyl groups excluding tert-OH is 1. The van der Waals surface area contributed by atoms with Crippen LogP contribution >= 0.6 is 0 Å². The Morgan fingerprint density at radius 2 is 1.77 bits per heavy atom. The van der Waals surface area contributed by atoms with Crippen LogP contribution in [0, 0.1) is 13.8 Å². The molecule has 0 bridgehead atoms. The Bertz CT molecular complexity index is 1010. The van der Waals surface area contributed by atoms with Gasteiger partial charge in [0.1, 0.15) is 11.5 Å². The first-order valence-corrected chi connectivity index (χ1v) is 11.0. The smallest absolute Gasteiger partial charge is 0.295 e. The molecule has 2 aromatic carbocycles. The maximum absolute atomic E-state index is 13.0. The van der Waals surface area contributed by atoms with Crippen molar-refractivity contribution in [3.8, 4) is 5.75 Å². The van der Waals surface area contributed by atoms with E-state index in [1.165, 1.54) is 0 Å². The molecule has 1 heterocycles. The number of likely N-dealkylation sites (tertiary alicyclic amines) is 1. The summed E-state index contributed by atoms with van der Waals surface area (Å²) >= 11 is 0. The molecule has 31 heavy (non-hydrogen) atoms. The monoisotopic (exact) mass is 421 g/mol. The summed E-state index contributed by atoms with van der Waals surface area (Å²) in [5, 5.41) is 11.2. The van der Waals surface area contributed by atoms with E-state index >= 15 is 0 Å². The molecule has 5 heteroatoms. The van der Waals surface area contributed by atoms with Crippen molar-refractivity contribution in [2.45, 2.75) is 53.0 Å². The molecule has 0 spiro atoms. The number of aryl methyl sites for hydroxylation is 2. The third-order valence-corrected chi connectivity index (χ3v) is 5.69. The lowest BCUT2D eigenvalue weighted by atomic mass is 9.92. The van der Waals surface area contributed by atoms with Gasteiger partial charge in [-0.05, 0) is 61.6 Å². The molecular weight excluding hydrogens is 390 g/mol. The van der Waals surface area contributed by atoms with Crippen molar-refractivity contribution >= 4 is 17.4 Å². The molecule has 3 rings (SSSR count). The van der Waals surface area contributed by atoms with Crippen LogP contribution in [-0.4, -0.2) is 34.8 Å². The molecular formula is C26H31NO4. The molecule has 1 unspecified atom stereocenters. The molecule has 2 aromatic rings. The van der Waals surface area contributed by atoms with Gasteiger partial charge in [-0.15, -0.1) is 0 Å². The predicted molar refractivity (Wildman–Crippen MR) is 122 cm³/mol. The number of unbranched alkanes of at least 4 members (excludes halogenated alkanes) is 1. The van der Waals surface area contributed by atoms with Crippen LogP contribution in [0.1, 0.15) is 61.4 Å². The first-order valence-electron chi connectivity index (χ1n) is 11.0. The van der Waals surface area contributed by atoms with Crippen LogP contribution < -0.4 is 4.74 Å². The molecule has 0 saturated carbocycles. The largest absolute Gasteiger partial charge is 0.507 e. The van der Waals surface area contributed by atoms with E-state index in [1.807, 2.05) is 52.0 Å². The highest BCUT2D eigenvalue weighted by molar-refractivity contribution is 6.46. The number of amides is 1. The topological polar surface area (TPSA) is 66.8 Å². The van der Waals surface area contributed by atoms with Gasteiger partial charge in [-0.3, -0.25) is 9.59 Å². The van der Waals surface area contributed by atoms with Crippen molar-refractivity contribution in [1.29, 1.82) is 0 Å². The van der Waals surface area contributed by atoms with Crippen molar-refractivity contribution in [2.24, 2.45) is 0 Å². The van der Waals surface area contributed by atoms with Crippen molar-refractivity contribution in [2.75, 3.05) is 13.2 Å². The van der Waals surface area contributed by atoms with Gasteiger partial charge in [0.2, 0.25) is 0 Å². The number of aliphatic hydroxyl groups is 1. The van der Waals surface area contributed by atoms with Gasteiger partial charge in [0.15, 0.2) is 0 Å². The second-order valence-corrected chi connectivity index (χ2v) is 8.03. The van der Waals surface area contributed by atoms with Gasteiger partial charge in [0.25, 0.3) is 11.7 Å². The molecule has 5 nitrogen and oxygen atoms in total. The number of carbonyl (C=O) groups is 2. The van der Waals surface area contributed by atoms with Crippen molar-refractivity contribution in [1.82, 2.24) is 4.90 Å². The van der Waals surface area contributed by atoms with E-state index in [0.717, 1.165) is 41.7 Å². The fraction of sp³-hybridized carbons (Fsp3) is 0.385. The minimum absolute atomic E-state index is 0.143. The summed E-state index contributed by atoms with van der Waals surface area (Å²) in [6.07, 6.45) is 2.60. The third-order valence-electron chi connectivity index (χ3n) is 5.69. The fourth-order valence-corrected chi connectivity index (χ4v) is 3.98. The van der Waals surface area contributed by atoms with E-state index in [4.69, 9.17) is 4.74 Å². The van der Waals surface area contributed by atoms with Crippen LogP contribution in [0.4, 0.5) is 0 Å². The Labute approximate surface area is 184 Å². The summed E-state index contributed by atoms with van der Waals surface area (Å²) in [5.74, 6) is -0.582. The quantitative estimate of drug-likeness (QED) is 0.356. The Morgan fingerprint density at radius 1 is 1.03 bits per heavy atom. The third kappa shape index (κ3) is 4.50. The number of carbonyl (C=O) groups excluding carboxylic acids is 2. The molecule has 0 aromatic heterocycles. The predicted octanol–water partition coefficient (Wildman–Crippen LogP) is 5.31. The van der Waals surface area contributed by atoms with Crippen LogP contribution in [0.2, 0.25) is 0 Å². The summed E-state index contributed by atoms with van der Waals surface area (Å²) in [6, 6.07) is 12.4. The zero-order chi connectivity index (χ0) is 22.5. The maximum atomic E-state index is 13.0. The van der Waals surface area contributed by atoms with Gasteiger partial charge in [-0.1, -0.05) is 44.5 Å². The molecule has 1 fully saturated rings. The summed E-state index contributed by atoms with van der Waals surface area (Å²) in [7, 11) is 0. The number of nitrogens with zero attached hydrogens (tertiary/aromatic N) is 1. The zero-order valence-corrected chi connectivity index (χ0v) is 18.8. The number of hydrogen-bond donors (Lipinski definition) is 1. The molecule has 0 aliphatic carbocycles. The van der Waals surface area contributed by atoms with E-state index in [9.17, 15) is 14.7 Å². The molecule has 0 radical (unpaired) electrons. The van der Waals surface area contributed by atoms with Crippen molar-refractivity contribution < 1.29 is 19.4 Å². The number of hydrogen-bond acceptors (Lipinski definition) is 4. The molecule has 1 amide bonds. The maximum Gasteiger partial charge on any atom is 0.295 e. The summed E-state index contributed by atoms with van der Waals surface area (Å²) in [4.78, 5) is 27.6. The highest BCUT2D eigenvalue weighted by Gasteiger charge is 2.46. The zero-order valence-electron chi connectivity index (χ0n) is 18.8. The molecule has 1 aliphatic rings. The van der Waals surface area contributed by atoms with Gasteiger partial charge in [-0.25, -0.2) is 0 Å². The average molecular weight is 422 g/mol. The van der Waals surface area contributed by atoms with Gasteiger partial charge in [0.05, 0.1) is 18.2 Å². The second-order valence-electron chi connectivity index (χ2n) is 8.03. The molecule has 1 N–H and O–H groups in total. The first kappa shape index (κ1) is 22.6. The number of rotatable bonds is 8. The Morgan fingerprint density at radius 3 is 2.42 bits per heavy atom. The van der Waals surface area contributed by atoms with Crippen LogP contribution in [0.25, 0.3) is 5.76 Å². The summed E-state index contributed by atoms with van der Waals surface area (Å²) < 4.78 is 5.72. The van der Waals surface area contributed by atoms with E-state index in [-0.39, 0.29) is 11.3 Å². The second kappa shape index (κ2) is 9.82. The SMILES string of the molecule is CCCCN1C(=O)C(=O)/C(=C(/O)c2ccc(OCCC)c(C)c2)C1c1ccccc1C. The van der Waals surface area contributed by atoms with E-state index < -0.39 is 17.7 Å². The number of ether oxygens (including phenoxy) is 1. The van der Waals surface area contributed by atoms with Gasteiger partial charge < -0.3 is 14.7 Å². The lowest BCUT2D eigenvalue weighted by Crippen LogP contribution is -2.30. The standard InChI is InChI=1S/C26H31NO4/c1-5-7-14-27-23(20-11-9-8-10-17(20)3)22(25(29)26(27)30)24(28)19-12-13-21(18(4)16-19)31-15-6-2/h8-13,16,23,28H,5-7,14-15H2,1-4H3/b24-22+. The molecule has 1 saturated heterocycles. The van der Waals surface area contributed by atoms with Gasteiger partial charge in [0, 0.05) is 12.1 Å². The van der Waals surface area contributed by atoms with Gasteiger partial charge in [-0.2, -0.15) is 0 Å². The van der Waals surface area contributed by atoms with Crippen molar-refractivity contribution in [3.63, 3.8) is 0 Å². The van der Waals surface area contributed by atoms with E-state index in [0.29, 0.717) is 18.7 Å². The number of benzene rings is 2. The molecule has 1 aliphatic heterocycles. The van der Waals surface area contributed by atoms with E-state index in [2.05, 4.69) is 0 Å². The van der Waals surface area contributed by atoms with Crippen LogP contribution in [-0.2, 0) is 9.59 Å². The lowest BCUT2D eigenvalue weighted by molar-refractivity contribution is -0.139.